The summed E-state index contributed by atoms with van der Waals surface area (Å²) >= 11 is 0. The Bertz CT molecular complexity index is 369. The van der Waals surface area contributed by atoms with Crippen molar-refractivity contribution in [3.8, 4) is 0 Å². The molecule has 2 rings (SSSR count). The van der Waals surface area contributed by atoms with E-state index in [4.69, 9.17) is 4.84 Å². The fourth-order valence-electron chi connectivity index (χ4n) is 2.29. The predicted octanol–water partition coefficient (Wildman–Crippen LogP) is 1.67. The maximum Gasteiger partial charge on any atom is 0.233 e. The quantitative estimate of drug-likeness (QED) is 0.587. The highest BCUT2D eigenvalue weighted by Crippen LogP contribution is 2.15. The molecule has 0 aliphatic carbocycles. The third-order valence-corrected chi connectivity index (χ3v) is 3.29. The van der Waals surface area contributed by atoms with Crippen molar-refractivity contribution in [2.24, 2.45) is 0 Å². The van der Waals surface area contributed by atoms with E-state index in [9.17, 15) is 4.79 Å². The van der Waals surface area contributed by atoms with Crippen LogP contribution in [0.5, 0.6) is 0 Å². The van der Waals surface area contributed by atoms with Gasteiger partial charge in [0, 0.05) is 6.54 Å². The second-order valence-corrected chi connectivity index (χ2v) is 4.78. The maximum atomic E-state index is 11.1. The SMILES string of the molecule is CN1CCCC(N(C=O)OCc2ccccc2)C1. The van der Waals surface area contributed by atoms with Gasteiger partial charge in [-0.05, 0) is 32.0 Å². The third-order valence-electron chi connectivity index (χ3n) is 3.29. The minimum atomic E-state index is 0.171. The molecule has 0 radical (unpaired) electrons. The van der Waals surface area contributed by atoms with Crippen LogP contribution in [0.4, 0.5) is 0 Å². The molecule has 1 aliphatic heterocycles. The minimum Gasteiger partial charge on any atom is -0.304 e. The van der Waals surface area contributed by atoms with Gasteiger partial charge in [0.1, 0.15) is 6.61 Å². The van der Waals surface area contributed by atoms with Gasteiger partial charge >= 0.3 is 0 Å². The van der Waals surface area contributed by atoms with Crippen molar-refractivity contribution in [2.75, 3.05) is 20.1 Å². The Morgan fingerprint density at radius 3 is 2.89 bits per heavy atom. The Morgan fingerprint density at radius 2 is 2.22 bits per heavy atom. The topological polar surface area (TPSA) is 32.8 Å². The first-order valence-corrected chi connectivity index (χ1v) is 6.38. The maximum absolute atomic E-state index is 11.1. The Labute approximate surface area is 108 Å². The lowest BCUT2D eigenvalue weighted by Crippen LogP contribution is -2.45. The average Bonchev–Trinajstić information content (AvgIpc) is 2.41. The molecule has 0 aromatic heterocycles. The van der Waals surface area contributed by atoms with Crippen LogP contribution in [0.3, 0.4) is 0 Å². The summed E-state index contributed by atoms with van der Waals surface area (Å²) < 4.78 is 0. The lowest BCUT2D eigenvalue weighted by atomic mass is 10.1. The first-order valence-electron chi connectivity index (χ1n) is 6.38. The fraction of sp³-hybridized carbons (Fsp3) is 0.500. The first kappa shape index (κ1) is 13.1. The molecule has 1 saturated heterocycles. The van der Waals surface area contributed by atoms with Gasteiger partial charge in [0.05, 0.1) is 6.04 Å². The molecule has 1 aromatic carbocycles. The molecule has 98 valence electrons. The van der Waals surface area contributed by atoms with Gasteiger partial charge in [0.25, 0.3) is 0 Å². The normalized spacial score (nSPS) is 20.6. The molecular formula is C14H20N2O2. The van der Waals surface area contributed by atoms with Crippen LogP contribution in [0.2, 0.25) is 0 Å². The van der Waals surface area contributed by atoms with Crippen LogP contribution >= 0.6 is 0 Å². The van der Waals surface area contributed by atoms with Crippen molar-refractivity contribution in [3.05, 3.63) is 35.9 Å². The third kappa shape index (κ3) is 3.55. The first-order chi connectivity index (χ1) is 8.79. The number of benzene rings is 1. The molecule has 0 N–H and O–H groups in total. The molecule has 4 heteroatoms. The Morgan fingerprint density at radius 1 is 1.44 bits per heavy atom. The summed E-state index contributed by atoms with van der Waals surface area (Å²) in [4.78, 5) is 19.0. The van der Waals surface area contributed by atoms with Gasteiger partial charge in [-0.3, -0.25) is 9.63 Å². The van der Waals surface area contributed by atoms with Crippen LogP contribution in [-0.4, -0.2) is 42.6 Å². The summed E-state index contributed by atoms with van der Waals surface area (Å²) in [6.45, 7) is 2.43. The molecule has 1 aliphatic rings. The zero-order valence-electron chi connectivity index (χ0n) is 10.8. The number of likely N-dealkylation sites (tertiary alicyclic amines) is 1. The van der Waals surface area contributed by atoms with Gasteiger partial charge < -0.3 is 4.90 Å². The summed E-state index contributed by atoms with van der Waals surface area (Å²) in [6.07, 6.45) is 2.92. The number of carbonyl (C=O) groups is 1. The molecule has 18 heavy (non-hydrogen) atoms. The van der Waals surface area contributed by atoms with Crippen LogP contribution in [0.25, 0.3) is 0 Å². The predicted molar refractivity (Wildman–Crippen MR) is 69.7 cm³/mol. The second-order valence-electron chi connectivity index (χ2n) is 4.78. The summed E-state index contributed by atoms with van der Waals surface area (Å²) in [7, 11) is 2.08. The molecule has 1 aromatic rings. The van der Waals surface area contributed by atoms with E-state index >= 15 is 0 Å². The largest absolute Gasteiger partial charge is 0.304 e. The Kier molecular flexibility index (Phi) is 4.73. The van der Waals surface area contributed by atoms with E-state index in [0.29, 0.717) is 6.61 Å². The van der Waals surface area contributed by atoms with Crippen molar-refractivity contribution in [2.45, 2.75) is 25.5 Å². The highest BCUT2D eigenvalue weighted by molar-refractivity contribution is 5.45. The minimum absolute atomic E-state index is 0.171. The summed E-state index contributed by atoms with van der Waals surface area (Å²) in [6, 6.07) is 10.1. The molecule has 0 spiro atoms. The summed E-state index contributed by atoms with van der Waals surface area (Å²) in [5, 5.41) is 1.47. The molecular weight excluding hydrogens is 228 g/mol. The molecule has 0 saturated carbocycles. The van der Waals surface area contributed by atoms with Crippen molar-refractivity contribution < 1.29 is 9.63 Å². The van der Waals surface area contributed by atoms with E-state index < -0.39 is 0 Å². The number of piperidine rings is 1. The van der Waals surface area contributed by atoms with Gasteiger partial charge in [-0.25, -0.2) is 5.06 Å². The lowest BCUT2D eigenvalue weighted by molar-refractivity contribution is -0.197. The standard InChI is InChI=1S/C14H20N2O2/c1-15-9-5-8-14(10-15)16(12-17)18-11-13-6-3-2-4-7-13/h2-4,6-7,12,14H,5,8-11H2,1H3. The molecule has 1 heterocycles. The molecule has 1 fully saturated rings. The second kappa shape index (κ2) is 6.52. The molecule has 0 bridgehead atoms. The lowest BCUT2D eigenvalue weighted by Gasteiger charge is -2.34. The summed E-state index contributed by atoms with van der Waals surface area (Å²) in [5.74, 6) is 0. The molecule has 1 unspecified atom stereocenters. The van der Waals surface area contributed by atoms with Crippen LogP contribution in [0, 0.1) is 0 Å². The number of rotatable bonds is 5. The fourth-order valence-corrected chi connectivity index (χ4v) is 2.29. The number of hydrogen-bond donors (Lipinski definition) is 0. The zero-order valence-corrected chi connectivity index (χ0v) is 10.8. The number of amides is 1. The Balaban J connectivity index is 1.87. The van der Waals surface area contributed by atoms with Crippen molar-refractivity contribution in [1.82, 2.24) is 9.96 Å². The number of carbonyl (C=O) groups excluding carboxylic acids is 1. The van der Waals surface area contributed by atoms with Crippen LogP contribution in [0.15, 0.2) is 30.3 Å². The van der Waals surface area contributed by atoms with Gasteiger partial charge in [-0.2, -0.15) is 0 Å². The van der Waals surface area contributed by atoms with Crippen molar-refractivity contribution in [3.63, 3.8) is 0 Å². The summed E-state index contributed by atoms with van der Waals surface area (Å²) in [5.41, 5.74) is 1.08. The van der Waals surface area contributed by atoms with E-state index in [2.05, 4.69) is 11.9 Å². The number of hydroxylamine groups is 2. The smallest absolute Gasteiger partial charge is 0.233 e. The highest BCUT2D eigenvalue weighted by Gasteiger charge is 2.23. The van der Waals surface area contributed by atoms with E-state index in [0.717, 1.165) is 37.9 Å². The highest BCUT2D eigenvalue weighted by atomic mass is 16.7. The van der Waals surface area contributed by atoms with E-state index in [1.165, 1.54) is 5.06 Å². The van der Waals surface area contributed by atoms with E-state index in [1.54, 1.807) is 0 Å². The van der Waals surface area contributed by atoms with Crippen LogP contribution < -0.4 is 0 Å². The van der Waals surface area contributed by atoms with Crippen LogP contribution in [0.1, 0.15) is 18.4 Å². The molecule has 1 atom stereocenters. The van der Waals surface area contributed by atoms with E-state index in [-0.39, 0.29) is 6.04 Å². The van der Waals surface area contributed by atoms with Crippen LogP contribution in [-0.2, 0) is 16.2 Å². The number of likely N-dealkylation sites (N-methyl/N-ethyl adjacent to an activating group) is 1. The number of nitrogens with zero attached hydrogens (tertiary/aromatic N) is 2. The molecule has 1 amide bonds. The van der Waals surface area contributed by atoms with Gasteiger partial charge in [0.15, 0.2) is 0 Å². The molecule has 4 nitrogen and oxygen atoms in total. The van der Waals surface area contributed by atoms with Gasteiger partial charge in [-0.15, -0.1) is 0 Å². The van der Waals surface area contributed by atoms with Crippen molar-refractivity contribution in [1.29, 1.82) is 0 Å². The van der Waals surface area contributed by atoms with E-state index in [1.807, 2.05) is 30.3 Å². The zero-order chi connectivity index (χ0) is 12.8. The monoisotopic (exact) mass is 248 g/mol. The Hall–Kier alpha value is -1.39. The van der Waals surface area contributed by atoms with Crippen molar-refractivity contribution >= 4 is 6.41 Å². The van der Waals surface area contributed by atoms with Gasteiger partial charge in [0.2, 0.25) is 6.41 Å². The average molecular weight is 248 g/mol. The van der Waals surface area contributed by atoms with Gasteiger partial charge in [-0.1, -0.05) is 30.3 Å². The number of hydrogen-bond acceptors (Lipinski definition) is 3.